The number of fused-ring (bicyclic) bond motifs is 1. The van der Waals surface area contributed by atoms with Crippen LogP contribution >= 0.6 is 0 Å². The van der Waals surface area contributed by atoms with Gasteiger partial charge in [-0.3, -0.25) is 8.79 Å². The van der Waals surface area contributed by atoms with Gasteiger partial charge in [-0.15, -0.1) is 0 Å². The summed E-state index contributed by atoms with van der Waals surface area (Å²) in [5.41, 5.74) is 3.69. The maximum absolute atomic E-state index is 12.6. The third kappa shape index (κ3) is 4.08. The molecule has 6 nitrogen and oxygen atoms in total. The van der Waals surface area contributed by atoms with E-state index < -0.39 is 0 Å². The smallest absolute Gasteiger partial charge is 0.236 e. The monoisotopic (exact) mass is 411 g/mol. The summed E-state index contributed by atoms with van der Waals surface area (Å²) in [7, 11) is 0. The lowest BCUT2D eigenvalue weighted by Gasteiger charge is -2.32. The average molecular weight is 412 g/mol. The number of morpholine rings is 1. The molecule has 2 saturated heterocycles. The zero-order chi connectivity index (χ0) is 20.3. The van der Waals surface area contributed by atoms with E-state index in [0.717, 1.165) is 82.4 Å². The van der Waals surface area contributed by atoms with Gasteiger partial charge in [-0.05, 0) is 55.7 Å². The Labute approximate surface area is 177 Å². The van der Waals surface area contributed by atoms with E-state index in [1.165, 1.54) is 11.3 Å². The molecule has 0 atom stereocenters. The highest BCUT2D eigenvalue weighted by Crippen LogP contribution is 2.29. The van der Waals surface area contributed by atoms with Crippen molar-refractivity contribution in [2.24, 2.45) is 5.92 Å². The fraction of sp³-hybridized carbons (Fsp3) is 0.565. The molecule has 0 radical (unpaired) electrons. The summed E-state index contributed by atoms with van der Waals surface area (Å²) in [6, 6.07) is 2.07. The van der Waals surface area contributed by atoms with Gasteiger partial charge in [0.2, 0.25) is 5.78 Å². The molecule has 4 heterocycles. The molecule has 3 aliphatic rings. The van der Waals surface area contributed by atoms with E-state index in [4.69, 9.17) is 14.7 Å². The van der Waals surface area contributed by atoms with Crippen molar-refractivity contribution in [1.29, 1.82) is 0 Å². The Morgan fingerprint density at radius 1 is 1.00 bits per heavy atom. The summed E-state index contributed by atoms with van der Waals surface area (Å²) in [5, 5.41) is 0. The van der Waals surface area contributed by atoms with Crippen LogP contribution in [0.1, 0.15) is 37.8 Å². The van der Waals surface area contributed by atoms with Gasteiger partial charge in [0, 0.05) is 44.3 Å². The summed E-state index contributed by atoms with van der Waals surface area (Å²) < 4.78 is 20.1. The summed E-state index contributed by atoms with van der Waals surface area (Å²) in [4.78, 5) is 14.4. The van der Waals surface area contributed by atoms with Gasteiger partial charge in [-0.1, -0.05) is 6.08 Å². The van der Waals surface area contributed by atoms with Gasteiger partial charge in [0.1, 0.15) is 5.82 Å². The summed E-state index contributed by atoms with van der Waals surface area (Å²) in [5.74, 6) is 2.24. The molecule has 1 aliphatic carbocycles. The van der Waals surface area contributed by atoms with E-state index >= 15 is 0 Å². The minimum Gasteiger partial charge on any atom is -0.378 e. The molecule has 0 unspecified atom stereocenters. The number of piperidine rings is 1. The highest BCUT2D eigenvalue weighted by Gasteiger charge is 2.21. The third-order valence-electron chi connectivity index (χ3n) is 6.64. The fourth-order valence-electron chi connectivity index (χ4n) is 4.75. The van der Waals surface area contributed by atoms with Crippen LogP contribution in [-0.4, -0.2) is 65.3 Å². The average Bonchev–Trinajstić information content (AvgIpc) is 3.24. The number of hydrogen-bond acceptors (Lipinski definition) is 5. The zero-order valence-electron chi connectivity index (χ0n) is 17.5. The van der Waals surface area contributed by atoms with Crippen LogP contribution in [0.5, 0.6) is 0 Å². The molecule has 160 valence electrons. The van der Waals surface area contributed by atoms with E-state index in [2.05, 4.69) is 40.4 Å². The predicted molar refractivity (Wildman–Crippen MR) is 116 cm³/mol. The van der Waals surface area contributed by atoms with Crippen LogP contribution < -0.4 is 4.90 Å². The first kappa shape index (κ1) is 19.5. The number of allylic oxidation sites excluding steroid dienone is 4. The van der Waals surface area contributed by atoms with Gasteiger partial charge in [0.05, 0.1) is 25.6 Å². The minimum absolute atomic E-state index is 0.204. The molecule has 0 aromatic carbocycles. The van der Waals surface area contributed by atoms with E-state index in [0.29, 0.717) is 12.3 Å². The van der Waals surface area contributed by atoms with E-state index in [9.17, 15) is 4.39 Å². The molecule has 0 N–H and O–H groups in total. The third-order valence-corrected chi connectivity index (χ3v) is 6.64. The Morgan fingerprint density at radius 3 is 2.57 bits per heavy atom. The number of hydrogen-bond donors (Lipinski definition) is 0. The number of nitrogens with zero attached hydrogens (tertiary/aromatic N) is 5. The highest BCUT2D eigenvalue weighted by atomic mass is 19.1. The topological polar surface area (TPSA) is 45.9 Å². The molecule has 2 fully saturated rings. The molecule has 7 heteroatoms. The number of imidazole rings is 1. The Morgan fingerprint density at radius 2 is 1.83 bits per heavy atom. The van der Waals surface area contributed by atoms with Crippen molar-refractivity contribution in [3.8, 4) is 0 Å². The van der Waals surface area contributed by atoms with Crippen LogP contribution in [0.25, 0.3) is 11.4 Å². The van der Waals surface area contributed by atoms with Gasteiger partial charge in [0.15, 0.2) is 0 Å². The zero-order valence-corrected chi connectivity index (χ0v) is 17.5. The quantitative estimate of drug-likeness (QED) is 0.751. The molecule has 0 saturated carbocycles. The Hall–Kier alpha value is -2.41. The lowest BCUT2D eigenvalue weighted by atomic mass is 9.94. The molecule has 5 rings (SSSR count). The standard InChI is InChI=1S/C23H30FN5O/c24-9-5-18-6-10-28(11-7-18)22-8-12-29-17-21(25-23(29)26-22)19-1-3-20(4-2-19)27-13-15-30-16-14-27/h1,3,8,12,17-18H,2,4-7,9-11,13-16H2. The Balaban J connectivity index is 1.30. The van der Waals surface area contributed by atoms with Crippen molar-refractivity contribution in [2.45, 2.75) is 32.1 Å². The number of ether oxygens (including phenoxy) is 1. The molecule has 0 bridgehead atoms. The maximum atomic E-state index is 12.6. The Kier molecular flexibility index (Phi) is 5.71. The second-order valence-electron chi connectivity index (χ2n) is 8.48. The first-order valence-electron chi connectivity index (χ1n) is 11.2. The van der Waals surface area contributed by atoms with Crippen molar-refractivity contribution in [3.05, 3.63) is 42.0 Å². The Bertz CT molecular complexity index is 938. The number of aromatic nitrogens is 3. The fourth-order valence-corrected chi connectivity index (χ4v) is 4.75. The normalized spacial score (nSPS) is 21.1. The molecule has 2 aliphatic heterocycles. The first-order valence-corrected chi connectivity index (χ1v) is 11.2. The van der Waals surface area contributed by atoms with Gasteiger partial charge in [-0.25, -0.2) is 4.98 Å². The molecule has 2 aromatic heterocycles. The van der Waals surface area contributed by atoms with Gasteiger partial charge < -0.3 is 14.5 Å². The highest BCUT2D eigenvalue weighted by molar-refractivity contribution is 5.67. The van der Waals surface area contributed by atoms with E-state index in [1.54, 1.807) is 0 Å². The van der Waals surface area contributed by atoms with Crippen LogP contribution in [0.4, 0.5) is 10.2 Å². The summed E-state index contributed by atoms with van der Waals surface area (Å²) in [6.45, 7) is 5.31. The number of alkyl halides is 1. The maximum Gasteiger partial charge on any atom is 0.236 e. The second-order valence-corrected chi connectivity index (χ2v) is 8.48. The van der Waals surface area contributed by atoms with Crippen molar-refractivity contribution < 1.29 is 9.13 Å². The molecule has 0 amide bonds. The summed E-state index contributed by atoms with van der Waals surface area (Å²) >= 11 is 0. The molecule has 30 heavy (non-hydrogen) atoms. The van der Waals surface area contributed by atoms with Gasteiger partial charge >= 0.3 is 0 Å². The predicted octanol–water partition coefficient (Wildman–Crippen LogP) is 3.70. The van der Waals surface area contributed by atoms with Crippen LogP contribution in [0, 0.1) is 5.92 Å². The lowest BCUT2D eigenvalue weighted by molar-refractivity contribution is 0.0521. The molecule has 0 spiro atoms. The van der Waals surface area contributed by atoms with E-state index in [1.807, 2.05) is 4.40 Å². The largest absolute Gasteiger partial charge is 0.378 e. The van der Waals surface area contributed by atoms with Crippen LogP contribution in [-0.2, 0) is 4.74 Å². The van der Waals surface area contributed by atoms with Crippen molar-refractivity contribution >= 4 is 17.2 Å². The van der Waals surface area contributed by atoms with Crippen LogP contribution in [0.15, 0.2) is 36.3 Å². The first-order chi connectivity index (χ1) is 14.8. The van der Waals surface area contributed by atoms with Crippen LogP contribution in [0.3, 0.4) is 0 Å². The van der Waals surface area contributed by atoms with E-state index in [-0.39, 0.29) is 6.67 Å². The second kappa shape index (κ2) is 8.76. The molecule has 2 aromatic rings. The van der Waals surface area contributed by atoms with Crippen molar-refractivity contribution in [2.75, 3.05) is 51.0 Å². The minimum atomic E-state index is -0.204. The van der Waals surface area contributed by atoms with Crippen molar-refractivity contribution in [1.82, 2.24) is 19.3 Å². The summed E-state index contributed by atoms with van der Waals surface area (Å²) in [6.07, 6.45) is 13.4. The van der Waals surface area contributed by atoms with Gasteiger partial charge in [-0.2, -0.15) is 4.98 Å². The SMILES string of the molecule is FCCC1CCN(c2ccn3cc(C4=CC=C(N5CCOCC5)CC4)nc3n2)CC1. The van der Waals surface area contributed by atoms with Gasteiger partial charge in [0.25, 0.3) is 0 Å². The van der Waals surface area contributed by atoms with Crippen LogP contribution in [0.2, 0.25) is 0 Å². The number of anilines is 1. The molecular formula is C23H30FN5O. The number of rotatable bonds is 5. The van der Waals surface area contributed by atoms with Crippen molar-refractivity contribution in [3.63, 3.8) is 0 Å². The lowest BCUT2D eigenvalue weighted by Crippen LogP contribution is -2.35. The number of halogens is 1. The molecular weight excluding hydrogens is 381 g/mol.